The van der Waals surface area contributed by atoms with E-state index in [1.165, 1.54) is 16.0 Å². The van der Waals surface area contributed by atoms with Crippen LogP contribution in [-0.4, -0.2) is 12.8 Å². The topological polar surface area (TPSA) is 21.6 Å². The molecule has 124 valence electrons. The second-order valence-corrected chi connectivity index (χ2v) is 7.22. The number of methoxy groups -OCH3 is 1. The Balaban J connectivity index is 1.79. The van der Waals surface area contributed by atoms with Crippen molar-refractivity contribution >= 4 is 23.2 Å². The molecule has 0 aromatic heterocycles. The maximum atomic E-state index is 5.42. The summed E-state index contributed by atoms with van der Waals surface area (Å²) in [4.78, 5) is 6.22. The van der Waals surface area contributed by atoms with E-state index in [0.717, 1.165) is 23.6 Å². The molecule has 3 heteroatoms. The van der Waals surface area contributed by atoms with Gasteiger partial charge in [-0.1, -0.05) is 54.6 Å². The number of para-hydroxylation sites is 1. The van der Waals surface area contributed by atoms with Crippen molar-refractivity contribution in [3.8, 4) is 5.75 Å². The van der Waals surface area contributed by atoms with Crippen LogP contribution in [0.15, 0.2) is 88.8 Å². The molecule has 4 rings (SSSR count). The van der Waals surface area contributed by atoms with Gasteiger partial charge in [0.05, 0.1) is 12.8 Å². The maximum Gasteiger partial charge on any atom is 0.119 e. The van der Waals surface area contributed by atoms with Gasteiger partial charge < -0.3 is 4.74 Å². The SMILES string of the molecule is COc1cccc([C@@H]2CC(c3ccccc3)=Nc3ccccc3S2)c1. The number of aliphatic imine (C=N–C) groups is 1. The van der Waals surface area contributed by atoms with Crippen molar-refractivity contribution in [3.05, 3.63) is 90.0 Å². The fraction of sp³-hybridized carbons (Fsp3) is 0.136. The Kier molecular flexibility index (Phi) is 4.57. The summed E-state index contributed by atoms with van der Waals surface area (Å²) in [7, 11) is 1.71. The Hall–Kier alpha value is -2.52. The second-order valence-electron chi connectivity index (χ2n) is 5.98. The third-order valence-corrected chi connectivity index (χ3v) is 5.66. The Morgan fingerprint density at radius 3 is 2.56 bits per heavy atom. The third kappa shape index (κ3) is 3.47. The van der Waals surface area contributed by atoms with E-state index in [4.69, 9.17) is 9.73 Å². The molecule has 1 aliphatic rings. The monoisotopic (exact) mass is 345 g/mol. The van der Waals surface area contributed by atoms with Crippen molar-refractivity contribution in [1.82, 2.24) is 0 Å². The molecule has 0 bridgehead atoms. The summed E-state index contributed by atoms with van der Waals surface area (Å²) in [6.07, 6.45) is 0.885. The first-order valence-corrected chi connectivity index (χ1v) is 9.24. The number of thioether (sulfide) groups is 1. The van der Waals surface area contributed by atoms with Crippen LogP contribution in [0.4, 0.5) is 5.69 Å². The minimum Gasteiger partial charge on any atom is -0.497 e. The van der Waals surface area contributed by atoms with Gasteiger partial charge in [0.15, 0.2) is 0 Å². The zero-order valence-corrected chi connectivity index (χ0v) is 14.9. The number of benzene rings is 3. The number of ether oxygens (including phenoxy) is 1. The average Bonchev–Trinajstić information content (AvgIpc) is 2.88. The van der Waals surface area contributed by atoms with E-state index in [0.29, 0.717) is 5.25 Å². The molecule has 25 heavy (non-hydrogen) atoms. The molecular formula is C22H19NOS. The zero-order chi connectivity index (χ0) is 17.1. The molecule has 3 aromatic carbocycles. The molecule has 0 amide bonds. The van der Waals surface area contributed by atoms with E-state index in [9.17, 15) is 0 Å². The zero-order valence-electron chi connectivity index (χ0n) is 14.1. The van der Waals surface area contributed by atoms with E-state index >= 15 is 0 Å². The lowest BCUT2D eigenvalue weighted by atomic mass is 10.0. The van der Waals surface area contributed by atoms with E-state index in [1.807, 2.05) is 23.9 Å². The van der Waals surface area contributed by atoms with E-state index < -0.39 is 0 Å². The van der Waals surface area contributed by atoms with Crippen molar-refractivity contribution in [2.75, 3.05) is 7.11 Å². The van der Waals surface area contributed by atoms with Gasteiger partial charge in [0, 0.05) is 22.3 Å². The highest BCUT2D eigenvalue weighted by atomic mass is 32.2. The Morgan fingerprint density at radius 1 is 0.920 bits per heavy atom. The molecule has 0 N–H and O–H groups in total. The van der Waals surface area contributed by atoms with E-state index in [2.05, 4.69) is 66.7 Å². The Labute approximate surface area is 152 Å². The largest absolute Gasteiger partial charge is 0.497 e. The van der Waals surface area contributed by atoms with Crippen LogP contribution in [0.25, 0.3) is 0 Å². The van der Waals surface area contributed by atoms with Crippen LogP contribution in [-0.2, 0) is 0 Å². The standard InChI is InChI=1S/C22H19NOS/c1-24-18-11-7-10-17(14-18)22-15-20(16-8-3-2-4-9-16)23-19-12-5-6-13-21(19)25-22/h2-14,22H,15H2,1H3/t22-/m0/s1. The number of hydrogen-bond acceptors (Lipinski definition) is 3. The molecular weight excluding hydrogens is 326 g/mol. The summed E-state index contributed by atoms with van der Waals surface area (Å²) in [5.41, 5.74) is 4.64. The lowest BCUT2D eigenvalue weighted by Crippen LogP contribution is -2.05. The van der Waals surface area contributed by atoms with Gasteiger partial charge in [0.25, 0.3) is 0 Å². The third-order valence-electron chi connectivity index (χ3n) is 4.34. The van der Waals surface area contributed by atoms with Crippen LogP contribution in [0.2, 0.25) is 0 Å². The maximum absolute atomic E-state index is 5.42. The van der Waals surface area contributed by atoms with Gasteiger partial charge in [-0.2, -0.15) is 0 Å². The summed E-state index contributed by atoms with van der Waals surface area (Å²) < 4.78 is 5.42. The molecule has 0 spiro atoms. The Bertz CT molecular complexity index is 905. The van der Waals surface area contributed by atoms with Gasteiger partial charge in [0.2, 0.25) is 0 Å². The number of hydrogen-bond donors (Lipinski definition) is 0. The van der Waals surface area contributed by atoms with Gasteiger partial charge in [0.1, 0.15) is 5.75 Å². The summed E-state index contributed by atoms with van der Waals surface area (Å²) in [5.74, 6) is 0.897. The summed E-state index contributed by atoms with van der Waals surface area (Å²) >= 11 is 1.88. The van der Waals surface area contributed by atoms with Crippen molar-refractivity contribution in [2.24, 2.45) is 4.99 Å². The molecule has 0 fully saturated rings. The molecule has 1 heterocycles. The summed E-state index contributed by atoms with van der Waals surface area (Å²) in [5, 5.41) is 0.303. The van der Waals surface area contributed by atoms with Crippen molar-refractivity contribution in [3.63, 3.8) is 0 Å². The molecule has 1 aliphatic heterocycles. The van der Waals surface area contributed by atoms with Crippen LogP contribution >= 0.6 is 11.8 Å². The lowest BCUT2D eigenvalue weighted by Gasteiger charge is -2.17. The first-order valence-electron chi connectivity index (χ1n) is 8.36. The van der Waals surface area contributed by atoms with E-state index in [1.54, 1.807) is 7.11 Å². The van der Waals surface area contributed by atoms with Crippen molar-refractivity contribution < 1.29 is 4.74 Å². The molecule has 0 aliphatic carbocycles. The van der Waals surface area contributed by atoms with Crippen molar-refractivity contribution in [1.29, 1.82) is 0 Å². The number of rotatable bonds is 3. The van der Waals surface area contributed by atoms with Crippen LogP contribution in [0, 0.1) is 0 Å². The first kappa shape index (κ1) is 16.0. The van der Waals surface area contributed by atoms with Gasteiger partial charge >= 0.3 is 0 Å². The highest BCUT2D eigenvalue weighted by Crippen LogP contribution is 2.45. The fourth-order valence-corrected chi connectivity index (χ4v) is 4.27. The molecule has 0 radical (unpaired) electrons. The predicted molar refractivity (Wildman–Crippen MR) is 105 cm³/mol. The minimum absolute atomic E-state index is 0.303. The van der Waals surface area contributed by atoms with Crippen LogP contribution in [0.1, 0.15) is 22.8 Å². The predicted octanol–water partition coefficient (Wildman–Crippen LogP) is 6.05. The molecule has 2 nitrogen and oxygen atoms in total. The smallest absolute Gasteiger partial charge is 0.119 e. The summed E-state index contributed by atoms with van der Waals surface area (Å²) in [6.45, 7) is 0. The highest BCUT2D eigenvalue weighted by molar-refractivity contribution is 7.99. The quantitative estimate of drug-likeness (QED) is 0.576. The van der Waals surface area contributed by atoms with Gasteiger partial charge in [-0.25, -0.2) is 0 Å². The van der Waals surface area contributed by atoms with Crippen molar-refractivity contribution in [2.45, 2.75) is 16.6 Å². The minimum atomic E-state index is 0.303. The van der Waals surface area contributed by atoms with Crippen LogP contribution < -0.4 is 4.74 Å². The Morgan fingerprint density at radius 2 is 1.72 bits per heavy atom. The van der Waals surface area contributed by atoms with Gasteiger partial charge in [-0.15, -0.1) is 11.8 Å². The molecule has 0 unspecified atom stereocenters. The number of nitrogens with zero attached hydrogens (tertiary/aromatic N) is 1. The first-order chi connectivity index (χ1) is 12.3. The fourth-order valence-electron chi connectivity index (χ4n) is 3.05. The normalized spacial score (nSPS) is 16.5. The summed E-state index contributed by atoms with van der Waals surface area (Å²) in [6, 6.07) is 27.2. The van der Waals surface area contributed by atoms with Crippen LogP contribution in [0.3, 0.4) is 0 Å². The average molecular weight is 345 g/mol. The molecule has 0 saturated heterocycles. The lowest BCUT2D eigenvalue weighted by molar-refractivity contribution is 0.414. The molecule has 0 saturated carbocycles. The molecule has 1 atom stereocenters. The van der Waals surface area contributed by atoms with Crippen LogP contribution in [0.5, 0.6) is 5.75 Å². The molecule has 3 aromatic rings. The van der Waals surface area contributed by atoms with Gasteiger partial charge in [-0.3, -0.25) is 4.99 Å². The van der Waals surface area contributed by atoms with E-state index in [-0.39, 0.29) is 0 Å². The number of fused-ring (bicyclic) bond motifs is 1. The highest BCUT2D eigenvalue weighted by Gasteiger charge is 2.22. The second kappa shape index (κ2) is 7.16. The van der Waals surface area contributed by atoms with Gasteiger partial charge in [-0.05, 0) is 35.4 Å².